The molecule has 0 aromatic heterocycles. The number of hydrogen-bond acceptors (Lipinski definition) is 5. The van der Waals surface area contributed by atoms with Crippen molar-refractivity contribution in [2.75, 3.05) is 24.4 Å². The number of carbonyl (C=O) groups is 3. The molecule has 0 fully saturated rings. The number of carbonyl (C=O) groups excluding carboxylic acids is 3. The topological polar surface area (TPSA) is 93.7 Å². The van der Waals surface area contributed by atoms with Crippen LogP contribution in [0.4, 0.5) is 11.4 Å². The molecule has 2 aromatic rings. The monoisotopic (exact) mass is 418 g/mol. The van der Waals surface area contributed by atoms with E-state index >= 15 is 0 Å². The van der Waals surface area contributed by atoms with E-state index in [9.17, 15) is 14.4 Å². The van der Waals surface area contributed by atoms with Crippen LogP contribution in [0.2, 0.25) is 5.02 Å². The van der Waals surface area contributed by atoms with E-state index in [0.29, 0.717) is 22.1 Å². The van der Waals surface area contributed by atoms with Crippen LogP contribution in [0.5, 0.6) is 5.75 Å². The normalized spacial score (nSPS) is 10.2. The molecule has 0 saturated heterocycles. The molecule has 2 N–H and O–H groups in total. The lowest BCUT2D eigenvalue weighted by molar-refractivity contribution is -0.147. The van der Waals surface area contributed by atoms with Gasteiger partial charge in [-0.2, -0.15) is 0 Å². The zero-order valence-electron chi connectivity index (χ0n) is 16.3. The summed E-state index contributed by atoms with van der Waals surface area (Å²) in [6, 6.07) is 12.2. The number of ether oxygens (including phenoxy) is 2. The molecule has 2 aromatic carbocycles. The van der Waals surface area contributed by atoms with Crippen molar-refractivity contribution in [1.29, 1.82) is 0 Å². The molecule has 0 aliphatic carbocycles. The molecule has 0 atom stereocenters. The quantitative estimate of drug-likeness (QED) is 0.604. The molecule has 0 aliphatic rings. The summed E-state index contributed by atoms with van der Waals surface area (Å²) < 4.78 is 10.1. The predicted molar refractivity (Wildman–Crippen MR) is 111 cm³/mol. The van der Waals surface area contributed by atoms with Gasteiger partial charge in [-0.1, -0.05) is 30.7 Å². The highest BCUT2D eigenvalue weighted by molar-refractivity contribution is 6.31. The molecule has 2 amide bonds. The largest absolute Gasteiger partial charge is 0.495 e. The number of nitrogens with one attached hydrogen (secondary N) is 2. The van der Waals surface area contributed by atoms with Gasteiger partial charge in [-0.25, -0.2) is 0 Å². The zero-order valence-corrected chi connectivity index (χ0v) is 17.0. The van der Waals surface area contributed by atoms with Crippen LogP contribution in [-0.2, 0) is 25.5 Å². The number of rotatable bonds is 9. The van der Waals surface area contributed by atoms with Crippen LogP contribution in [0.1, 0.15) is 25.3 Å². The van der Waals surface area contributed by atoms with Gasteiger partial charge < -0.3 is 20.1 Å². The summed E-state index contributed by atoms with van der Waals surface area (Å²) in [6.45, 7) is 1.62. The Labute approximate surface area is 174 Å². The van der Waals surface area contributed by atoms with E-state index in [1.807, 2.05) is 19.1 Å². The maximum Gasteiger partial charge on any atom is 0.306 e. The van der Waals surface area contributed by atoms with E-state index in [2.05, 4.69) is 10.6 Å². The number of aryl methyl sites for hydroxylation is 1. The Hall–Kier alpha value is -3.06. The second-order valence-corrected chi connectivity index (χ2v) is 6.59. The molecule has 0 saturated carbocycles. The first-order valence-electron chi connectivity index (χ1n) is 9.09. The molecule has 29 heavy (non-hydrogen) atoms. The molecule has 154 valence electrons. The van der Waals surface area contributed by atoms with Gasteiger partial charge >= 0.3 is 5.97 Å². The van der Waals surface area contributed by atoms with E-state index in [-0.39, 0.29) is 12.8 Å². The van der Waals surface area contributed by atoms with Gasteiger partial charge in [0.25, 0.3) is 5.91 Å². The Morgan fingerprint density at radius 3 is 2.34 bits per heavy atom. The number of benzene rings is 2. The van der Waals surface area contributed by atoms with E-state index in [1.54, 1.807) is 30.3 Å². The highest BCUT2D eigenvalue weighted by atomic mass is 35.5. The van der Waals surface area contributed by atoms with E-state index < -0.39 is 24.4 Å². The molecule has 0 bridgehead atoms. The number of amides is 2. The Morgan fingerprint density at radius 2 is 1.69 bits per heavy atom. The van der Waals surface area contributed by atoms with Crippen molar-refractivity contribution in [2.24, 2.45) is 0 Å². The standard InChI is InChI=1S/C21H23ClN2O5/c1-3-14-4-7-16(8-5-14)23-20(26)13-29-21(27)11-10-19(25)24-17-12-15(22)6-9-18(17)28-2/h4-9,12H,3,10-11,13H2,1-2H3,(H,23,26)(H,24,25). The number of hydrogen-bond donors (Lipinski definition) is 2. The fourth-order valence-corrected chi connectivity index (χ4v) is 2.62. The van der Waals surface area contributed by atoms with E-state index in [4.69, 9.17) is 21.1 Å². The summed E-state index contributed by atoms with van der Waals surface area (Å²) in [5.74, 6) is -1.04. The van der Waals surface area contributed by atoms with Gasteiger partial charge in [-0.3, -0.25) is 14.4 Å². The minimum Gasteiger partial charge on any atom is -0.495 e. The minimum absolute atomic E-state index is 0.103. The maximum absolute atomic E-state index is 12.0. The molecular formula is C21H23ClN2O5. The number of anilines is 2. The van der Waals surface area contributed by atoms with Gasteiger partial charge in [0.2, 0.25) is 5.91 Å². The first-order chi connectivity index (χ1) is 13.9. The van der Waals surface area contributed by atoms with Crippen LogP contribution in [0.3, 0.4) is 0 Å². The Bertz CT molecular complexity index is 868. The lowest BCUT2D eigenvalue weighted by atomic mass is 10.1. The zero-order chi connectivity index (χ0) is 21.2. The summed E-state index contributed by atoms with van der Waals surface area (Å²) in [6.07, 6.45) is 0.644. The van der Waals surface area contributed by atoms with Gasteiger partial charge in [0.1, 0.15) is 5.75 Å². The van der Waals surface area contributed by atoms with Gasteiger partial charge in [0.05, 0.1) is 19.2 Å². The predicted octanol–water partition coefficient (Wildman–Crippen LogP) is 3.81. The summed E-state index contributed by atoms with van der Waals surface area (Å²) in [5.41, 5.74) is 2.19. The Balaban J connectivity index is 1.72. The van der Waals surface area contributed by atoms with E-state index in [0.717, 1.165) is 12.0 Å². The van der Waals surface area contributed by atoms with Crippen molar-refractivity contribution >= 4 is 40.8 Å². The van der Waals surface area contributed by atoms with Crippen molar-refractivity contribution in [3.8, 4) is 5.75 Å². The molecule has 0 radical (unpaired) electrons. The third-order valence-electron chi connectivity index (χ3n) is 4.00. The number of halogens is 1. The highest BCUT2D eigenvalue weighted by Crippen LogP contribution is 2.27. The molecule has 0 heterocycles. The van der Waals surface area contributed by atoms with Gasteiger partial charge in [-0.05, 0) is 42.3 Å². The molecule has 8 heteroatoms. The SMILES string of the molecule is CCc1ccc(NC(=O)COC(=O)CCC(=O)Nc2cc(Cl)ccc2OC)cc1. The smallest absolute Gasteiger partial charge is 0.306 e. The maximum atomic E-state index is 12.0. The van der Waals surface area contributed by atoms with Crippen LogP contribution in [0, 0.1) is 0 Å². The van der Waals surface area contributed by atoms with Gasteiger partial charge in [0.15, 0.2) is 6.61 Å². The fourth-order valence-electron chi connectivity index (χ4n) is 2.45. The Morgan fingerprint density at radius 1 is 0.966 bits per heavy atom. The molecular weight excluding hydrogens is 396 g/mol. The first-order valence-corrected chi connectivity index (χ1v) is 9.47. The lowest BCUT2D eigenvalue weighted by Gasteiger charge is -2.10. The summed E-state index contributed by atoms with van der Waals surface area (Å²) in [5, 5.41) is 5.71. The van der Waals surface area contributed by atoms with Gasteiger partial charge in [0, 0.05) is 17.1 Å². The molecule has 7 nitrogen and oxygen atoms in total. The van der Waals surface area contributed by atoms with Crippen molar-refractivity contribution < 1.29 is 23.9 Å². The fraction of sp³-hybridized carbons (Fsp3) is 0.286. The van der Waals surface area contributed by atoms with Gasteiger partial charge in [-0.15, -0.1) is 0 Å². The minimum atomic E-state index is -0.644. The van der Waals surface area contributed by atoms with Crippen molar-refractivity contribution in [3.63, 3.8) is 0 Å². The molecule has 0 unspecified atom stereocenters. The average Bonchev–Trinajstić information content (AvgIpc) is 2.71. The summed E-state index contributed by atoms with van der Waals surface area (Å²) in [7, 11) is 1.47. The third kappa shape index (κ3) is 7.46. The van der Waals surface area contributed by atoms with Crippen LogP contribution in [-0.4, -0.2) is 31.5 Å². The van der Waals surface area contributed by atoms with Crippen LogP contribution in [0.25, 0.3) is 0 Å². The Kier molecular flexibility index (Phi) is 8.48. The van der Waals surface area contributed by atoms with Crippen LogP contribution >= 0.6 is 11.6 Å². The van der Waals surface area contributed by atoms with Crippen molar-refractivity contribution in [3.05, 3.63) is 53.1 Å². The van der Waals surface area contributed by atoms with Crippen LogP contribution < -0.4 is 15.4 Å². The molecule has 0 spiro atoms. The van der Waals surface area contributed by atoms with E-state index in [1.165, 1.54) is 7.11 Å². The average molecular weight is 419 g/mol. The highest BCUT2D eigenvalue weighted by Gasteiger charge is 2.13. The molecule has 0 aliphatic heterocycles. The summed E-state index contributed by atoms with van der Waals surface area (Å²) in [4.78, 5) is 35.7. The second kappa shape index (κ2) is 11.1. The van der Waals surface area contributed by atoms with Crippen molar-refractivity contribution in [2.45, 2.75) is 26.2 Å². The lowest BCUT2D eigenvalue weighted by Crippen LogP contribution is -2.21. The molecule has 2 rings (SSSR count). The first kappa shape index (κ1) is 22.2. The number of esters is 1. The van der Waals surface area contributed by atoms with Crippen molar-refractivity contribution in [1.82, 2.24) is 0 Å². The number of methoxy groups -OCH3 is 1. The third-order valence-corrected chi connectivity index (χ3v) is 4.24. The summed E-state index contributed by atoms with van der Waals surface area (Å²) >= 11 is 5.91. The van der Waals surface area contributed by atoms with Crippen LogP contribution in [0.15, 0.2) is 42.5 Å². The second-order valence-electron chi connectivity index (χ2n) is 6.15.